The number of ether oxygens (including phenoxy) is 2. The Kier molecular flexibility index (Phi) is 3.05. The van der Waals surface area contributed by atoms with E-state index < -0.39 is 29.7 Å². The Morgan fingerprint density at radius 2 is 2.40 bits per heavy atom. The number of aliphatic hydroxyl groups is 2. The Hall–Kier alpha value is -1.48. The fraction of sp³-hybridized carbons (Fsp3) is 0.667. The van der Waals surface area contributed by atoms with Gasteiger partial charge in [0.15, 0.2) is 6.23 Å². The number of nitrogen functional groups attached to an aromatic ring is 1. The summed E-state index contributed by atoms with van der Waals surface area (Å²) in [5, 5.41) is 19.7. The zero-order chi connectivity index (χ0) is 14.5. The van der Waals surface area contributed by atoms with Crippen LogP contribution < -0.4 is 11.4 Å². The highest BCUT2D eigenvalue weighted by Crippen LogP contribution is 2.43. The molecule has 0 unspecified atom stereocenters. The molecule has 3 heterocycles. The van der Waals surface area contributed by atoms with Crippen molar-refractivity contribution in [2.24, 2.45) is 0 Å². The number of aryl methyl sites for hydroxylation is 1. The number of rotatable bonds is 2. The molecule has 0 spiro atoms. The van der Waals surface area contributed by atoms with E-state index in [0.717, 1.165) is 0 Å². The van der Waals surface area contributed by atoms with Gasteiger partial charge < -0.3 is 25.4 Å². The van der Waals surface area contributed by atoms with E-state index in [1.165, 1.54) is 10.8 Å². The third-order valence-corrected chi connectivity index (χ3v) is 4.04. The van der Waals surface area contributed by atoms with Crippen LogP contribution in [-0.2, 0) is 9.47 Å². The minimum absolute atomic E-state index is 0.158. The first-order valence-corrected chi connectivity index (χ1v) is 6.42. The van der Waals surface area contributed by atoms with E-state index in [9.17, 15) is 15.0 Å². The van der Waals surface area contributed by atoms with Crippen molar-refractivity contribution in [3.63, 3.8) is 0 Å². The first kappa shape index (κ1) is 13.5. The molecule has 8 nitrogen and oxygen atoms in total. The van der Waals surface area contributed by atoms with Crippen LogP contribution in [0.4, 0.5) is 5.82 Å². The van der Waals surface area contributed by atoms with Crippen LogP contribution in [0.3, 0.4) is 0 Å². The molecule has 0 saturated carbocycles. The molecule has 0 aliphatic carbocycles. The summed E-state index contributed by atoms with van der Waals surface area (Å²) >= 11 is 0. The summed E-state index contributed by atoms with van der Waals surface area (Å²) in [6, 6.07) is 0. The number of hydrogen-bond acceptors (Lipinski definition) is 7. The molecule has 2 fully saturated rings. The van der Waals surface area contributed by atoms with Crippen molar-refractivity contribution in [1.29, 1.82) is 0 Å². The van der Waals surface area contributed by atoms with Crippen molar-refractivity contribution in [1.82, 2.24) is 9.55 Å². The minimum Gasteiger partial charge on any atom is -0.393 e. The highest BCUT2D eigenvalue weighted by atomic mass is 16.6. The molecule has 0 radical (unpaired) electrons. The first-order valence-electron chi connectivity index (χ1n) is 6.42. The van der Waals surface area contributed by atoms with Crippen LogP contribution in [0.5, 0.6) is 0 Å². The molecule has 1 aromatic rings. The summed E-state index contributed by atoms with van der Waals surface area (Å²) in [6.07, 6.45) is -0.626. The van der Waals surface area contributed by atoms with Crippen LogP contribution in [0.25, 0.3) is 0 Å². The number of nitrogens with zero attached hydrogens (tertiary/aromatic N) is 2. The highest BCUT2D eigenvalue weighted by Gasteiger charge is 2.58. The van der Waals surface area contributed by atoms with Gasteiger partial charge in [0, 0.05) is 18.2 Å². The lowest BCUT2D eigenvalue weighted by Crippen LogP contribution is -2.51. The van der Waals surface area contributed by atoms with Gasteiger partial charge in [-0.25, -0.2) is 4.79 Å². The summed E-state index contributed by atoms with van der Waals surface area (Å²) < 4.78 is 12.5. The lowest BCUT2D eigenvalue weighted by Gasteiger charge is -2.33. The average molecular weight is 283 g/mol. The molecule has 8 heteroatoms. The van der Waals surface area contributed by atoms with Crippen LogP contribution in [-0.4, -0.2) is 50.8 Å². The van der Waals surface area contributed by atoms with Gasteiger partial charge in [0.2, 0.25) is 0 Å². The summed E-state index contributed by atoms with van der Waals surface area (Å²) in [6.45, 7) is 1.74. The molecule has 2 aliphatic rings. The SMILES string of the molecule is Cc1cn([C@@H]2O[C@@]3(CO)CCO[C@@H]2[C@@H]3O)c(=O)nc1N. The topological polar surface area (TPSA) is 120 Å². The van der Waals surface area contributed by atoms with Crippen LogP contribution in [0.15, 0.2) is 11.0 Å². The van der Waals surface area contributed by atoms with Gasteiger partial charge in [0.05, 0.1) is 13.2 Å². The van der Waals surface area contributed by atoms with Crippen molar-refractivity contribution >= 4 is 5.82 Å². The Labute approximate surface area is 114 Å². The Bertz CT molecular complexity index is 589. The van der Waals surface area contributed by atoms with Gasteiger partial charge in [-0.1, -0.05) is 0 Å². The van der Waals surface area contributed by atoms with Gasteiger partial charge in [-0.2, -0.15) is 4.98 Å². The molecule has 4 atom stereocenters. The molecule has 1 aromatic heterocycles. The predicted octanol–water partition coefficient (Wildman–Crippen LogP) is -1.46. The number of aliphatic hydroxyl groups excluding tert-OH is 2. The lowest BCUT2D eigenvalue weighted by molar-refractivity contribution is -0.144. The zero-order valence-electron chi connectivity index (χ0n) is 11.0. The van der Waals surface area contributed by atoms with E-state index in [1.807, 2.05) is 0 Å². The zero-order valence-corrected chi connectivity index (χ0v) is 11.0. The molecule has 20 heavy (non-hydrogen) atoms. The van der Waals surface area contributed by atoms with E-state index >= 15 is 0 Å². The van der Waals surface area contributed by atoms with Crippen molar-refractivity contribution in [3.8, 4) is 0 Å². The lowest BCUT2D eigenvalue weighted by atomic mass is 9.90. The molecular weight excluding hydrogens is 266 g/mol. The summed E-state index contributed by atoms with van der Waals surface area (Å²) in [5.41, 5.74) is 4.56. The van der Waals surface area contributed by atoms with Gasteiger partial charge in [-0.05, 0) is 6.92 Å². The van der Waals surface area contributed by atoms with Crippen molar-refractivity contribution in [3.05, 3.63) is 22.2 Å². The maximum atomic E-state index is 12.0. The second kappa shape index (κ2) is 4.52. The maximum absolute atomic E-state index is 12.0. The predicted molar refractivity (Wildman–Crippen MR) is 67.9 cm³/mol. The second-order valence-electron chi connectivity index (χ2n) is 5.26. The molecule has 110 valence electrons. The van der Waals surface area contributed by atoms with Gasteiger partial charge in [0.25, 0.3) is 0 Å². The van der Waals surface area contributed by atoms with E-state index in [0.29, 0.717) is 18.6 Å². The fourth-order valence-corrected chi connectivity index (χ4v) is 2.77. The van der Waals surface area contributed by atoms with Crippen molar-refractivity contribution in [2.75, 3.05) is 18.9 Å². The maximum Gasteiger partial charge on any atom is 0.351 e. The average Bonchev–Trinajstić information content (AvgIpc) is 2.60. The number of nitrogens with two attached hydrogens (primary N) is 1. The van der Waals surface area contributed by atoms with E-state index in [4.69, 9.17) is 15.2 Å². The monoisotopic (exact) mass is 283 g/mol. The molecule has 3 rings (SSSR count). The number of fused-ring (bicyclic) bond motifs is 2. The summed E-state index contributed by atoms with van der Waals surface area (Å²) in [7, 11) is 0. The van der Waals surface area contributed by atoms with Crippen molar-refractivity contribution in [2.45, 2.75) is 37.4 Å². The quantitative estimate of drug-likeness (QED) is 0.607. The third kappa shape index (κ3) is 1.76. The van der Waals surface area contributed by atoms with E-state index in [1.54, 1.807) is 6.92 Å². The second-order valence-corrected chi connectivity index (χ2v) is 5.26. The Balaban J connectivity index is 2.04. The van der Waals surface area contributed by atoms with Crippen LogP contribution in [0.2, 0.25) is 0 Å². The number of aromatic nitrogens is 2. The van der Waals surface area contributed by atoms with Crippen LogP contribution in [0.1, 0.15) is 18.2 Å². The van der Waals surface area contributed by atoms with Crippen molar-refractivity contribution < 1.29 is 19.7 Å². The van der Waals surface area contributed by atoms with E-state index in [2.05, 4.69) is 4.98 Å². The largest absolute Gasteiger partial charge is 0.393 e. The molecule has 2 aliphatic heterocycles. The van der Waals surface area contributed by atoms with Gasteiger partial charge in [-0.3, -0.25) is 4.57 Å². The van der Waals surface area contributed by atoms with Gasteiger partial charge in [0.1, 0.15) is 23.6 Å². The number of hydrogen-bond donors (Lipinski definition) is 3. The van der Waals surface area contributed by atoms with Crippen LogP contribution in [0, 0.1) is 6.92 Å². The normalized spacial score (nSPS) is 36.2. The fourth-order valence-electron chi connectivity index (χ4n) is 2.77. The molecule has 2 bridgehead atoms. The Morgan fingerprint density at radius 3 is 3.05 bits per heavy atom. The molecule has 4 N–H and O–H groups in total. The highest BCUT2D eigenvalue weighted by molar-refractivity contribution is 5.35. The Morgan fingerprint density at radius 1 is 1.65 bits per heavy atom. The van der Waals surface area contributed by atoms with Crippen LogP contribution >= 0.6 is 0 Å². The first-order chi connectivity index (χ1) is 9.48. The standard InChI is InChI=1S/C12H17N3O5/c1-6-4-15(11(18)14-9(6)13)10-7-8(17)12(5-16,20-10)2-3-19-7/h4,7-8,10,16-17H,2-3,5H2,1H3,(H2,13,14,18)/t7-,8+,10-,12-/m1/s1. The molecular formula is C12H17N3O5. The third-order valence-electron chi connectivity index (χ3n) is 4.04. The molecule has 0 aromatic carbocycles. The molecule has 2 saturated heterocycles. The molecule has 0 amide bonds. The van der Waals surface area contributed by atoms with Gasteiger partial charge >= 0.3 is 5.69 Å². The number of anilines is 1. The summed E-state index contributed by atoms with van der Waals surface area (Å²) in [4.78, 5) is 15.7. The van der Waals surface area contributed by atoms with E-state index in [-0.39, 0.29) is 12.4 Å². The van der Waals surface area contributed by atoms with Gasteiger partial charge in [-0.15, -0.1) is 0 Å². The summed E-state index contributed by atoms with van der Waals surface area (Å²) in [5.74, 6) is 0.158. The minimum atomic E-state index is -1.08. The smallest absolute Gasteiger partial charge is 0.351 e.